The molecule has 0 aromatic heterocycles. The van der Waals surface area contributed by atoms with Gasteiger partial charge in [-0.05, 0) is 30.0 Å². The molecule has 1 unspecified atom stereocenters. The van der Waals surface area contributed by atoms with E-state index in [1.165, 1.54) is 5.56 Å². The molecule has 0 saturated carbocycles. The Morgan fingerprint density at radius 3 is 2.35 bits per heavy atom. The van der Waals surface area contributed by atoms with Crippen molar-refractivity contribution in [2.45, 2.75) is 39.2 Å². The molecule has 94 valence electrons. The van der Waals surface area contributed by atoms with Crippen LogP contribution >= 0.6 is 0 Å². The average Bonchev–Trinajstić information content (AvgIpc) is 2.35. The van der Waals surface area contributed by atoms with Gasteiger partial charge in [-0.25, -0.2) is 0 Å². The molecule has 3 heteroatoms. The number of nitrogens with one attached hydrogen (secondary N) is 1. The lowest BCUT2D eigenvalue weighted by molar-refractivity contribution is 0.0951. The molecular weight excluding hydrogens is 212 g/mol. The smallest absolute Gasteiger partial charge is 0.251 e. The molecule has 0 spiro atoms. The summed E-state index contributed by atoms with van der Waals surface area (Å²) in [4.78, 5) is 11.8. The predicted octanol–water partition coefficient (Wildman–Crippen LogP) is 2.28. The van der Waals surface area contributed by atoms with Gasteiger partial charge in [0.25, 0.3) is 5.91 Å². The van der Waals surface area contributed by atoms with E-state index in [1.54, 1.807) is 0 Å². The van der Waals surface area contributed by atoms with Gasteiger partial charge in [-0.1, -0.05) is 32.9 Å². The van der Waals surface area contributed by atoms with Gasteiger partial charge in [0.1, 0.15) is 0 Å². The third-order valence-electron chi connectivity index (χ3n) is 2.89. The first-order valence-corrected chi connectivity index (χ1v) is 6.18. The van der Waals surface area contributed by atoms with Crippen molar-refractivity contribution in [2.75, 3.05) is 6.54 Å². The van der Waals surface area contributed by atoms with Gasteiger partial charge in [-0.3, -0.25) is 4.79 Å². The molecule has 0 fully saturated rings. The summed E-state index contributed by atoms with van der Waals surface area (Å²) in [5.74, 6) is 0.435. The molecule has 0 bridgehead atoms. The second-order valence-electron chi connectivity index (χ2n) is 4.66. The number of carbonyl (C=O) groups is 1. The van der Waals surface area contributed by atoms with Gasteiger partial charge in [0.05, 0.1) is 0 Å². The summed E-state index contributed by atoms with van der Waals surface area (Å²) in [7, 11) is 0. The molecule has 0 aliphatic carbocycles. The lowest BCUT2D eigenvalue weighted by Crippen LogP contribution is -2.36. The van der Waals surface area contributed by atoms with Crippen molar-refractivity contribution in [3.05, 3.63) is 35.4 Å². The summed E-state index contributed by atoms with van der Waals surface area (Å²) >= 11 is 0. The zero-order valence-corrected chi connectivity index (χ0v) is 10.9. The molecule has 1 aromatic carbocycles. The number of nitrogens with two attached hydrogens (primary N) is 1. The zero-order chi connectivity index (χ0) is 12.8. The van der Waals surface area contributed by atoms with Crippen LogP contribution in [-0.4, -0.2) is 18.5 Å². The first-order chi connectivity index (χ1) is 8.04. The van der Waals surface area contributed by atoms with E-state index in [0.29, 0.717) is 18.0 Å². The van der Waals surface area contributed by atoms with Crippen molar-refractivity contribution in [2.24, 2.45) is 5.73 Å². The van der Waals surface area contributed by atoms with Crippen LogP contribution in [0.3, 0.4) is 0 Å². The molecule has 1 amide bonds. The minimum atomic E-state index is -0.0517. The number of benzene rings is 1. The lowest BCUT2D eigenvalue weighted by Gasteiger charge is -2.11. The van der Waals surface area contributed by atoms with Crippen molar-refractivity contribution in [3.8, 4) is 0 Å². The van der Waals surface area contributed by atoms with Gasteiger partial charge in [0.2, 0.25) is 0 Å². The number of carbonyl (C=O) groups excluding carboxylic acids is 1. The average molecular weight is 234 g/mol. The fourth-order valence-corrected chi connectivity index (χ4v) is 1.49. The second kappa shape index (κ2) is 6.40. The Bertz CT molecular complexity index is 357. The van der Waals surface area contributed by atoms with Gasteiger partial charge in [-0.2, -0.15) is 0 Å². The minimum absolute atomic E-state index is 0.0360. The maximum absolute atomic E-state index is 11.8. The van der Waals surface area contributed by atoms with E-state index in [0.717, 1.165) is 6.42 Å². The Kier molecular flexibility index (Phi) is 5.16. The van der Waals surface area contributed by atoms with Gasteiger partial charge in [-0.15, -0.1) is 0 Å². The molecule has 17 heavy (non-hydrogen) atoms. The first-order valence-electron chi connectivity index (χ1n) is 6.18. The van der Waals surface area contributed by atoms with Crippen molar-refractivity contribution in [1.82, 2.24) is 5.32 Å². The third kappa shape index (κ3) is 4.19. The van der Waals surface area contributed by atoms with E-state index in [9.17, 15) is 4.79 Å². The summed E-state index contributed by atoms with van der Waals surface area (Å²) < 4.78 is 0. The monoisotopic (exact) mass is 234 g/mol. The molecule has 0 saturated heterocycles. The number of rotatable bonds is 5. The predicted molar refractivity (Wildman–Crippen MR) is 71.1 cm³/mol. The van der Waals surface area contributed by atoms with Crippen LogP contribution in [0.5, 0.6) is 0 Å². The molecule has 3 N–H and O–H groups in total. The molecule has 0 heterocycles. The highest BCUT2D eigenvalue weighted by Crippen LogP contribution is 2.14. The Morgan fingerprint density at radius 2 is 1.88 bits per heavy atom. The van der Waals surface area contributed by atoms with Crippen LogP contribution in [0, 0.1) is 0 Å². The normalized spacial score (nSPS) is 12.5. The van der Waals surface area contributed by atoms with Crippen LogP contribution in [0.25, 0.3) is 0 Å². The Morgan fingerprint density at radius 1 is 1.29 bits per heavy atom. The summed E-state index contributed by atoms with van der Waals surface area (Å²) in [5, 5.41) is 2.83. The van der Waals surface area contributed by atoms with Gasteiger partial charge >= 0.3 is 0 Å². The van der Waals surface area contributed by atoms with Crippen LogP contribution in [0.4, 0.5) is 0 Å². The largest absolute Gasteiger partial charge is 0.350 e. The molecule has 1 rings (SSSR count). The molecule has 0 aliphatic heterocycles. The van der Waals surface area contributed by atoms with Crippen LogP contribution in [-0.2, 0) is 0 Å². The lowest BCUT2D eigenvalue weighted by atomic mass is 10.0. The quantitative estimate of drug-likeness (QED) is 0.821. The molecule has 0 aliphatic rings. The Balaban J connectivity index is 2.58. The Hall–Kier alpha value is -1.35. The maximum atomic E-state index is 11.8. The highest BCUT2D eigenvalue weighted by Gasteiger charge is 2.07. The van der Waals surface area contributed by atoms with E-state index in [1.807, 2.05) is 31.2 Å². The summed E-state index contributed by atoms with van der Waals surface area (Å²) in [6, 6.07) is 7.76. The standard InChI is InChI=1S/C14H22N2O/c1-4-13(15)9-16-14(17)12-7-5-11(6-8-12)10(2)3/h5-8,10,13H,4,9,15H2,1-3H3,(H,16,17). The second-order valence-corrected chi connectivity index (χ2v) is 4.66. The van der Waals surface area contributed by atoms with Crippen LogP contribution < -0.4 is 11.1 Å². The molecule has 1 atom stereocenters. The Labute approximate surface area is 103 Å². The van der Waals surface area contributed by atoms with E-state index >= 15 is 0 Å². The van der Waals surface area contributed by atoms with Crippen molar-refractivity contribution in [1.29, 1.82) is 0 Å². The van der Waals surface area contributed by atoms with Gasteiger partial charge in [0.15, 0.2) is 0 Å². The van der Waals surface area contributed by atoms with E-state index < -0.39 is 0 Å². The first kappa shape index (κ1) is 13.7. The SMILES string of the molecule is CCC(N)CNC(=O)c1ccc(C(C)C)cc1. The highest BCUT2D eigenvalue weighted by atomic mass is 16.1. The number of hydrogen-bond acceptors (Lipinski definition) is 2. The number of amides is 1. The zero-order valence-electron chi connectivity index (χ0n) is 10.9. The van der Waals surface area contributed by atoms with Crippen LogP contribution in [0.1, 0.15) is 49.0 Å². The summed E-state index contributed by atoms with van der Waals surface area (Å²) in [6.45, 7) is 6.81. The molecule has 0 radical (unpaired) electrons. The van der Waals surface area contributed by atoms with Gasteiger partial charge in [0, 0.05) is 18.2 Å². The van der Waals surface area contributed by atoms with Crippen molar-refractivity contribution < 1.29 is 4.79 Å². The fourth-order valence-electron chi connectivity index (χ4n) is 1.49. The minimum Gasteiger partial charge on any atom is -0.350 e. The third-order valence-corrected chi connectivity index (χ3v) is 2.89. The fraction of sp³-hybridized carbons (Fsp3) is 0.500. The number of hydrogen-bond donors (Lipinski definition) is 2. The van der Waals surface area contributed by atoms with Crippen molar-refractivity contribution in [3.63, 3.8) is 0 Å². The molecule has 1 aromatic rings. The molecule has 3 nitrogen and oxygen atoms in total. The highest BCUT2D eigenvalue weighted by molar-refractivity contribution is 5.94. The van der Waals surface area contributed by atoms with Crippen molar-refractivity contribution >= 4 is 5.91 Å². The summed E-state index contributed by atoms with van der Waals surface area (Å²) in [6.07, 6.45) is 0.868. The molecular formula is C14H22N2O. The van der Waals surface area contributed by atoms with E-state index in [2.05, 4.69) is 19.2 Å². The maximum Gasteiger partial charge on any atom is 0.251 e. The van der Waals surface area contributed by atoms with Crippen LogP contribution in [0.15, 0.2) is 24.3 Å². The van der Waals surface area contributed by atoms with Gasteiger partial charge < -0.3 is 11.1 Å². The van der Waals surface area contributed by atoms with E-state index in [-0.39, 0.29) is 11.9 Å². The summed E-state index contributed by atoms with van der Waals surface area (Å²) in [5.41, 5.74) is 7.68. The van der Waals surface area contributed by atoms with E-state index in [4.69, 9.17) is 5.73 Å². The van der Waals surface area contributed by atoms with Crippen LogP contribution in [0.2, 0.25) is 0 Å². The topological polar surface area (TPSA) is 55.1 Å².